The van der Waals surface area contributed by atoms with Gasteiger partial charge in [-0.2, -0.15) is 0 Å². The third-order valence-electron chi connectivity index (χ3n) is 7.42. The number of aryl methyl sites for hydroxylation is 2. The molecule has 0 spiro atoms. The maximum absolute atomic E-state index is 13.9. The standard InChI is InChI=1S/C28H30N2O/c1-20-8-3-4-11-23(20)19-30-16-14-24(15-17-30)28(26-13-7-9-21(2)29-26)18-22-10-5-6-12-25(22)27(28)31/h3-13,24H,14-19H2,1-2H3. The molecule has 3 aromatic rings. The van der Waals surface area contributed by atoms with E-state index in [1.807, 2.05) is 25.1 Å². The number of hydrogen-bond acceptors (Lipinski definition) is 3. The highest BCUT2D eigenvalue weighted by molar-refractivity contribution is 6.08. The molecular weight excluding hydrogens is 380 g/mol. The lowest BCUT2D eigenvalue weighted by molar-refractivity contribution is 0.0726. The predicted octanol–water partition coefficient (Wildman–Crippen LogP) is 5.29. The summed E-state index contributed by atoms with van der Waals surface area (Å²) in [5.41, 5.74) is 6.26. The van der Waals surface area contributed by atoms with Gasteiger partial charge in [0.05, 0.1) is 11.1 Å². The van der Waals surface area contributed by atoms with Crippen LogP contribution in [-0.2, 0) is 18.4 Å². The quantitative estimate of drug-likeness (QED) is 0.586. The molecule has 1 aromatic heterocycles. The number of rotatable bonds is 4. The van der Waals surface area contributed by atoms with Crippen LogP contribution < -0.4 is 0 Å². The maximum atomic E-state index is 13.9. The molecule has 0 radical (unpaired) electrons. The molecule has 1 atom stereocenters. The van der Waals surface area contributed by atoms with Crippen LogP contribution in [0, 0.1) is 19.8 Å². The van der Waals surface area contributed by atoms with Gasteiger partial charge in [-0.15, -0.1) is 0 Å². The summed E-state index contributed by atoms with van der Waals surface area (Å²) in [6.45, 7) is 7.25. The molecule has 3 heteroatoms. The zero-order valence-electron chi connectivity index (χ0n) is 18.5. The number of piperidine rings is 1. The first-order valence-corrected chi connectivity index (χ1v) is 11.4. The topological polar surface area (TPSA) is 33.2 Å². The van der Waals surface area contributed by atoms with Gasteiger partial charge in [0.1, 0.15) is 0 Å². The van der Waals surface area contributed by atoms with Gasteiger partial charge in [0.25, 0.3) is 0 Å². The molecule has 1 saturated heterocycles. The van der Waals surface area contributed by atoms with Gasteiger partial charge < -0.3 is 0 Å². The molecule has 1 fully saturated rings. The van der Waals surface area contributed by atoms with Crippen molar-refractivity contribution in [1.82, 2.24) is 9.88 Å². The van der Waals surface area contributed by atoms with Crippen molar-refractivity contribution >= 4 is 5.78 Å². The first kappa shape index (κ1) is 20.1. The number of carbonyl (C=O) groups is 1. The monoisotopic (exact) mass is 410 g/mol. The van der Waals surface area contributed by atoms with Crippen molar-refractivity contribution in [2.45, 2.75) is 45.1 Å². The lowest BCUT2D eigenvalue weighted by Gasteiger charge is -2.41. The van der Waals surface area contributed by atoms with Crippen LogP contribution in [0.3, 0.4) is 0 Å². The van der Waals surface area contributed by atoms with Gasteiger partial charge in [0.2, 0.25) is 0 Å². The van der Waals surface area contributed by atoms with E-state index < -0.39 is 5.41 Å². The molecule has 0 amide bonds. The Morgan fingerprint density at radius 1 is 0.935 bits per heavy atom. The Bertz CT molecular complexity index is 1110. The number of benzene rings is 2. The predicted molar refractivity (Wildman–Crippen MR) is 124 cm³/mol. The summed E-state index contributed by atoms with van der Waals surface area (Å²) < 4.78 is 0. The lowest BCUT2D eigenvalue weighted by Crippen LogP contribution is -2.47. The molecule has 3 nitrogen and oxygen atoms in total. The van der Waals surface area contributed by atoms with Gasteiger partial charge in [-0.25, -0.2) is 0 Å². The molecule has 2 aliphatic rings. The van der Waals surface area contributed by atoms with E-state index in [1.165, 1.54) is 16.7 Å². The summed E-state index contributed by atoms with van der Waals surface area (Å²) in [6.07, 6.45) is 2.84. The molecule has 5 rings (SSSR count). The Morgan fingerprint density at radius 2 is 1.68 bits per heavy atom. The van der Waals surface area contributed by atoms with E-state index in [4.69, 9.17) is 4.98 Å². The molecular formula is C28H30N2O. The summed E-state index contributed by atoms with van der Waals surface area (Å²) >= 11 is 0. The average molecular weight is 411 g/mol. The summed E-state index contributed by atoms with van der Waals surface area (Å²) in [5.74, 6) is 0.591. The van der Waals surface area contributed by atoms with Crippen LogP contribution in [0.15, 0.2) is 66.7 Å². The minimum atomic E-state index is -0.523. The number of aromatic nitrogens is 1. The number of likely N-dealkylation sites (tertiary alicyclic amines) is 1. The largest absolute Gasteiger partial charge is 0.299 e. The normalized spacial score (nSPS) is 21.9. The smallest absolute Gasteiger partial charge is 0.175 e. The number of hydrogen-bond donors (Lipinski definition) is 0. The van der Waals surface area contributed by atoms with E-state index in [0.29, 0.717) is 5.92 Å². The van der Waals surface area contributed by atoms with Crippen LogP contribution in [0.4, 0.5) is 0 Å². The van der Waals surface area contributed by atoms with Crippen molar-refractivity contribution in [2.75, 3.05) is 13.1 Å². The van der Waals surface area contributed by atoms with Crippen LogP contribution in [-0.4, -0.2) is 28.8 Å². The zero-order chi connectivity index (χ0) is 21.4. The van der Waals surface area contributed by atoms with Crippen LogP contribution in [0.5, 0.6) is 0 Å². The van der Waals surface area contributed by atoms with Gasteiger partial charge >= 0.3 is 0 Å². The van der Waals surface area contributed by atoms with Crippen molar-refractivity contribution < 1.29 is 4.79 Å². The van der Waals surface area contributed by atoms with E-state index in [9.17, 15) is 4.79 Å². The Hall–Kier alpha value is -2.78. The van der Waals surface area contributed by atoms with Crippen LogP contribution >= 0.6 is 0 Å². The molecule has 1 unspecified atom stereocenters. The number of Topliss-reactive ketones (excluding diaryl/α,β-unsaturated/α-hetero) is 1. The molecule has 1 aliphatic carbocycles. The third kappa shape index (κ3) is 3.51. The summed E-state index contributed by atoms with van der Waals surface area (Å²) in [7, 11) is 0. The first-order valence-electron chi connectivity index (χ1n) is 11.4. The van der Waals surface area contributed by atoms with Crippen molar-refractivity contribution in [3.8, 4) is 0 Å². The van der Waals surface area contributed by atoms with Gasteiger partial charge in [-0.1, -0.05) is 54.6 Å². The fourth-order valence-corrected chi connectivity index (χ4v) is 5.67. The van der Waals surface area contributed by atoms with Crippen molar-refractivity contribution in [3.63, 3.8) is 0 Å². The average Bonchev–Trinajstić information content (AvgIpc) is 3.09. The van der Waals surface area contributed by atoms with E-state index in [0.717, 1.165) is 55.8 Å². The van der Waals surface area contributed by atoms with E-state index in [1.54, 1.807) is 0 Å². The number of nitrogens with zero attached hydrogens (tertiary/aromatic N) is 2. The van der Waals surface area contributed by atoms with E-state index in [2.05, 4.69) is 60.4 Å². The fourth-order valence-electron chi connectivity index (χ4n) is 5.67. The third-order valence-corrected chi connectivity index (χ3v) is 7.42. The van der Waals surface area contributed by atoms with Crippen molar-refractivity contribution in [2.24, 2.45) is 5.92 Å². The minimum absolute atomic E-state index is 0.276. The minimum Gasteiger partial charge on any atom is -0.299 e. The molecule has 31 heavy (non-hydrogen) atoms. The number of pyridine rings is 1. The second kappa shape index (κ2) is 8.05. The highest BCUT2D eigenvalue weighted by atomic mass is 16.1. The summed E-state index contributed by atoms with van der Waals surface area (Å²) in [5, 5.41) is 0. The second-order valence-corrected chi connectivity index (χ2v) is 9.28. The number of carbonyl (C=O) groups excluding carboxylic acids is 1. The number of fused-ring (bicyclic) bond motifs is 1. The van der Waals surface area contributed by atoms with Gasteiger partial charge in [0, 0.05) is 17.8 Å². The Morgan fingerprint density at radius 3 is 2.42 bits per heavy atom. The van der Waals surface area contributed by atoms with Crippen LogP contribution in [0.1, 0.15) is 51.3 Å². The second-order valence-electron chi connectivity index (χ2n) is 9.28. The molecule has 2 heterocycles. The molecule has 0 N–H and O–H groups in total. The fraction of sp³-hybridized carbons (Fsp3) is 0.357. The maximum Gasteiger partial charge on any atom is 0.175 e. The van der Waals surface area contributed by atoms with Crippen molar-refractivity contribution in [3.05, 3.63) is 100 Å². The molecule has 0 bridgehead atoms. The highest BCUT2D eigenvalue weighted by Gasteiger charge is 2.53. The van der Waals surface area contributed by atoms with Gasteiger partial charge in [-0.05, 0) is 80.9 Å². The van der Waals surface area contributed by atoms with Gasteiger partial charge in [-0.3, -0.25) is 14.7 Å². The number of ketones is 1. The Balaban J connectivity index is 1.43. The molecule has 0 saturated carbocycles. The molecule has 2 aromatic carbocycles. The van der Waals surface area contributed by atoms with E-state index >= 15 is 0 Å². The summed E-state index contributed by atoms with van der Waals surface area (Å²) in [6, 6.07) is 23.0. The zero-order valence-corrected chi connectivity index (χ0v) is 18.5. The van der Waals surface area contributed by atoms with Crippen LogP contribution in [0.2, 0.25) is 0 Å². The van der Waals surface area contributed by atoms with Gasteiger partial charge in [0.15, 0.2) is 5.78 Å². The molecule has 158 valence electrons. The van der Waals surface area contributed by atoms with Crippen molar-refractivity contribution in [1.29, 1.82) is 0 Å². The van der Waals surface area contributed by atoms with Crippen LogP contribution in [0.25, 0.3) is 0 Å². The Labute approximate surface area is 185 Å². The summed E-state index contributed by atoms with van der Waals surface area (Å²) in [4.78, 5) is 21.3. The SMILES string of the molecule is Cc1cccc(C2(C3CCN(Cc4ccccc4C)CC3)Cc3ccccc3C2=O)n1. The first-order chi connectivity index (χ1) is 15.1. The highest BCUT2D eigenvalue weighted by Crippen LogP contribution is 2.48. The van der Waals surface area contributed by atoms with E-state index in [-0.39, 0.29) is 5.78 Å². The Kier molecular flexibility index (Phi) is 5.23. The lowest BCUT2D eigenvalue weighted by atomic mass is 9.66. The molecule has 1 aliphatic heterocycles.